The molecule has 0 aromatic rings. The van der Waals surface area contributed by atoms with Crippen molar-refractivity contribution in [3.63, 3.8) is 0 Å². The second kappa shape index (κ2) is 88.5. The van der Waals surface area contributed by atoms with Gasteiger partial charge in [0.25, 0.3) is 0 Å². The van der Waals surface area contributed by atoms with Crippen LogP contribution in [0.4, 0.5) is 0 Å². The van der Waals surface area contributed by atoms with E-state index in [4.69, 9.17) is 32.3 Å². The lowest BCUT2D eigenvalue weighted by Crippen LogP contribution is -2.30. The van der Waals surface area contributed by atoms with Gasteiger partial charge in [-0.25, -0.2) is 9.13 Å². The van der Waals surface area contributed by atoms with Crippen LogP contribution in [0.5, 0.6) is 0 Å². The number of phosphoric acid groups is 2. The average Bonchev–Trinajstić information content (AvgIpc) is 0.903. The van der Waals surface area contributed by atoms with Crippen LogP contribution in [0.15, 0.2) is 158 Å². The van der Waals surface area contributed by atoms with E-state index < -0.39 is 91.5 Å². The number of aliphatic hydroxyl groups excluding tert-OH is 2. The molecule has 5 atom stereocenters. The Hall–Kier alpha value is -4.83. The lowest BCUT2D eigenvalue weighted by molar-refractivity contribution is -0.161. The topological polar surface area (TPSA) is 231 Å². The van der Waals surface area contributed by atoms with Crippen LogP contribution in [0, 0.1) is 0 Å². The quantitative estimate of drug-likeness (QED) is 0.0146. The third-order valence-corrected chi connectivity index (χ3v) is 21.1. The second-order valence-electron chi connectivity index (χ2n) is 30.3. The van der Waals surface area contributed by atoms with Crippen molar-refractivity contribution in [3.8, 4) is 0 Å². The molecule has 4 N–H and O–H groups in total. The van der Waals surface area contributed by atoms with E-state index >= 15 is 0 Å². The van der Waals surface area contributed by atoms with Gasteiger partial charge in [0.05, 0.1) is 26.4 Å². The number of carbonyl (C=O) groups is 3. The SMILES string of the molecule is CC/C=C\C/C=C\C/C=C\C/C=C\C/C=C\CCCCCCCCCCCCCCCCCC(=O)OCC(O)COP(=O)(O)OCC(O)COP(=O)(O)OCC(COC(=O)CCCCCCCCCCCCCCCCC/C=C\C/C=C\C/C=C\C/C=C\C/C=C\CC)OC(=O)CCCCCCCCC/C=C\C/C=C\C/C=C\CC. The predicted octanol–water partition coefficient (Wildman–Crippen LogP) is 28.1. The number of carbonyl (C=O) groups excluding carboxylic acids is 3. The van der Waals surface area contributed by atoms with Gasteiger partial charge < -0.3 is 34.2 Å². The molecule has 0 aliphatic rings. The highest BCUT2D eigenvalue weighted by atomic mass is 31.2. The fraction of sp³-hybridized carbons (Fsp3) is 0.701. The first-order chi connectivity index (χ1) is 56.2. The largest absolute Gasteiger partial charge is 0.472 e. The van der Waals surface area contributed by atoms with Crippen molar-refractivity contribution in [3.05, 3.63) is 158 Å². The lowest BCUT2D eigenvalue weighted by Gasteiger charge is -2.21. The molecule has 0 radical (unpaired) electrons. The number of phosphoric ester groups is 2. The van der Waals surface area contributed by atoms with Gasteiger partial charge in [-0.1, -0.05) is 378 Å². The molecule has 0 aromatic carbocycles. The summed E-state index contributed by atoms with van der Waals surface area (Å²) in [4.78, 5) is 58.9. The second-order valence-corrected chi connectivity index (χ2v) is 33.2. The maximum absolute atomic E-state index is 13.0. The summed E-state index contributed by atoms with van der Waals surface area (Å²) in [7, 11) is -9.81. The van der Waals surface area contributed by atoms with Crippen LogP contribution in [0.2, 0.25) is 0 Å². The summed E-state index contributed by atoms with van der Waals surface area (Å²) in [6.45, 7) is 2.38. The van der Waals surface area contributed by atoms with Crippen LogP contribution in [-0.4, -0.2) is 95.9 Å². The maximum atomic E-state index is 13.0. The zero-order valence-electron chi connectivity index (χ0n) is 72.7. The summed E-state index contributed by atoms with van der Waals surface area (Å²) in [6, 6.07) is 0. The van der Waals surface area contributed by atoms with Crippen LogP contribution in [-0.2, 0) is 55.8 Å². The van der Waals surface area contributed by atoms with Gasteiger partial charge in [0.1, 0.15) is 25.4 Å². The standard InChI is InChI=1S/C97H166O16P2/c1-4-7-10-13-16-19-22-25-28-31-33-35-37-39-41-43-45-47-49-51-53-55-57-60-62-65-68-71-74-77-80-83-95(100)107-86-92(98)87-109-114(103,104)110-88-93(99)89-111-115(105,106)112-91-94(113-97(102)85-82-79-76-73-70-67-64-59-30-27-24-21-18-15-12-9-6-3)90-108-96(101)84-81-78-75-72-69-66-63-61-58-56-54-52-50-48-46-44-42-40-38-36-34-32-29-26-23-20-17-14-11-8-5-2/h7-12,16-21,25-30,33-36,39-42,92-94,98-99H,4-6,13-15,22-24,31-32,37-38,43-91H2,1-3H3,(H,103,104)(H,105,106)/b10-7-,11-8-,12-9-,19-16-,20-17-,21-18-,28-25-,29-26-,30-27-,35-33-,36-34-,41-39-,42-40-. The molecule has 0 aromatic heterocycles. The van der Waals surface area contributed by atoms with Crippen LogP contribution < -0.4 is 0 Å². The fourth-order valence-electron chi connectivity index (χ4n) is 12.4. The average molecular weight is 1650 g/mol. The number of aliphatic hydroxyl groups is 2. The van der Waals surface area contributed by atoms with E-state index in [2.05, 4.69) is 179 Å². The minimum atomic E-state index is -4.94. The van der Waals surface area contributed by atoms with Crippen LogP contribution in [0.3, 0.4) is 0 Å². The van der Waals surface area contributed by atoms with Crippen molar-refractivity contribution in [2.24, 2.45) is 0 Å². The monoisotopic (exact) mass is 1650 g/mol. The highest BCUT2D eigenvalue weighted by molar-refractivity contribution is 7.47. The first-order valence-electron chi connectivity index (χ1n) is 45.8. The zero-order valence-corrected chi connectivity index (χ0v) is 74.5. The number of allylic oxidation sites excluding steroid dienone is 26. The number of hydrogen-bond donors (Lipinski definition) is 4. The predicted molar refractivity (Wildman–Crippen MR) is 482 cm³/mol. The first kappa shape index (κ1) is 110. The molecule has 0 bridgehead atoms. The number of unbranched alkanes of at least 4 members (excludes halogenated alkanes) is 37. The van der Waals surface area contributed by atoms with E-state index in [1.54, 1.807) is 0 Å². The van der Waals surface area contributed by atoms with Crippen molar-refractivity contribution in [2.75, 3.05) is 39.6 Å². The minimum absolute atomic E-state index is 0.0915. The van der Waals surface area contributed by atoms with E-state index in [0.717, 1.165) is 167 Å². The normalized spacial score (nSPS) is 14.5. The summed E-state index contributed by atoms with van der Waals surface area (Å²) >= 11 is 0. The summed E-state index contributed by atoms with van der Waals surface area (Å²) < 4.78 is 61.4. The molecule has 0 fully saturated rings. The smallest absolute Gasteiger partial charge is 0.463 e. The number of ether oxygens (including phenoxy) is 3. The first-order valence-corrected chi connectivity index (χ1v) is 48.8. The Balaban J connectivity index is 4.51. The van der Waals surface area contributed by atoms with Crippen LogP contribution in [0.25, 0.3) is 0 Å². The molecule has 0 heterocycles. The van der Waals surface area contributed by atoms with Crippen LogP contribution >= 0.6 is 15.6 Å². The van der Waals surface area contributed by atoms with Gasteiger partial charge >= 0.3 is 33.6 Å². The highest BCUT2D eigenvalue weighted by Gasteiger charge is 2.29. The molecule has 115 heavy (non-hydrogen) atoms. The molecule has 0 amide bonds. The van der Waals surface area contributed by atoms with E-state index in [9.17, 15) is 43.5 Å². The Kier molecular flexibility index (Phi) is 84.7. The Morgan fingerprint density at radius 2 is 0.435 bits per heavy atom. The fourth-order valence-corrected chi connectivity index (χ4v) is 14.0. The van der Waals surface area contributed by atoms with Crippen molar-refractivity contribution in [1.29, 1.82) is 0 Å². The highest BCUT2D eigenvalue weighted by Crippen LogP contribution is 2.45. The van der Waals surface area contributed by atoms with Gasteiger partial charge in [-0.3, -0.25) is 32.5 Å². The lowest BCUT2D eigenvalue weighted by atomic mass is 10.0. The summed E-state index contributed by atoms with van der Waals surface area (Å²) in [5.74, 6) is -1.58. The van der Waals surface area contributed by atoms with Gasteiger partial charge in [0, 0.05) is 19.3 Å². The molecule has 18 heteroatoms. The molecule has 0 spiro atoms. The van der Waals surface area contributed by atoms with Gasteiger partial charge in [-0.2, -0.15) is 0 Å². The summed E-state index contributed by atoms with van der Waals surface area (Å²) in [5, 5.41) is 20.7. The molecule has 0 aliphatic carbocycles. The Morgan fingerprint density at radius 1 is 0.243 bits per heavy atom. The van der Waals surface area contributed by atoms with Crippen molar-refractivity contribution in [2.45, 2.75) is 399 Å². The third kappa shape index (κ3) is 89.8. The number of esters is 3. The maximum Gasteiger partial charge on any atom is 0.472 e. The zero-order chi connectivity index (χ0) is 83.6. The van der Waals surface area contributed by atoms with Gasteiger partial charge in [-0.05, 0) is 141 Å². The van der Waals surface area contributed by atoms with E-state index in [1.165, 1.54) is 154 Å². The van der Waals surface area contributed by atoms with Gasteiger partial charge in [0.15, 0.2) is 6.10 Å². The third-order valence-electron chi connectivity index (χ3n) is 19.2. The van der Waals surface area contributed by atoms with Crippen molar-refractivity contribution in [1.82, 2.24) is 0 Å². The van der Waals surface area contributed by atoms with E-state index in [1.807, 2.05) is 0 Å². The Morgan fingerprint density at radius 3 is 0.687 bits per heavy atom. The van der Waals surface area contributed by atoms with Gasteiger partial charge in [0.2, 0.25) is 0 Å². The molecule has 5 unspecified atom stereocenters. The molecule has 0 saturated heterocycles. The van der Waals surface area contributed by atoms with Crippen LogP contribution in [0.1, 0.15) is 380 Å². The molecular formula is C97H166O16P2. The summed E-state index contributed by atoms with van der Waals surface area (Å²) in [5.41, 5.74) is 0. The number of rotatable bonds is 86. The van der Waals surface area contributed by atoms with E-state index in [-0.39, 0.29) is 19.3 Å². The number of hydrogen-bond acceptors (Lipinski definition) is 14. The molecule has 0 aliphatic heterocycles. The van der Waals surface area contributed by atoms with Crippen molar-refractivity contribution >= 4 is 33.6 Å². The molecular weight excluding hydrogens is 1480 g/mol. The molecule has 16 nitrogen and oxygen atoms in total. The minimum Gasteiger partial charge on any atom is -0.463 e. The van der Waals surface area contributed by atoms with Crippen molar-refractivity contribution < 1.29 is 75.8 Å². The summed E-state index contributed by atoms with van der Waals surface area (Å²) in [6.07, 6.45) is 113. The van der Waals surface area contributed by atoms with Gasteiger partial charge in [-0.15, -0.1) is 0 Å². The molecule has 0 saturated carbocycles. The Bertz CT molecular complexity index is 2720. The molecule has 0 rings (SSSR count). The van der Waals surface area contributed by atoms with E-state index in [0.29, 0.717) is 19.3 Å². The molecule has 660 valence electrons. The Labute approximate surface area is 701 Å².